The minimum absolute atomic E-state index is 0.0286. The number of ether oxygens (including phenoxy) is 1. The third-order valence-electron chi connectivity index (χ3n) is 1.56. The summed E-state index contributed by atoms with van der Waals surface area (Å²) in [7, 11) is -10.1. The van der Waals surface area contributed by atoms with Gasteiger partial charge in [0, 0.05) is 0 Å². The van der Waals surface area contributed by atoms with E-state index in [1.165, 1.54) is 24.3 Å². The molecule has 0 radical (unpaired) electrons. The summed E-state index contributed by atoms with van der Waals surface area (Å²) in [6.07, 6.45) is 0. The van der Waals surface area contributed by atoms with Gasteiger partial charge in [-0.15, -0.1) is 0 Å². The van der Waals surface area contributed by atoms with Crippen LogP contribution in [0.15, 0.2) is 30.3 Å². The van der Waals surface area contributed by atoms with Gasteiger partial charge in [0.2, 0.25) is 0 Å². The molecule has 0 fully saturated rings. The van der Waals surface area contributed by atoms with E-state index < -0.39 is 20.8 Å². The highest BCUT2D eigenvalue weighted by Gasteiger charge is 2.45. The van der Waals surface area contributed by atoms with Crippen LogP contribution in [0.2, 0.25) is 0 Å². The maximum absolute atomic E-state index is 10.9. The maximum atomic E-state index is 10.9. The van der Waals surface area contributed by atoms with Crippen LogP contribution in [0.25, 0.3) is 0 Å². The Balaban J connectivity index is 2.99. The van der Waals surface area contributed by atoms with E-state index in [1.807, 2.05) is 0 Å². The Bertz CT molecular complexity index is 411. The van der Waals surface area contributed by atoms with Crippen molar-refractivity contribution in [1.82, 2.24) is 0 Å². The topological polar surface area (TPSA) is 124 Å². The van der Waals surface area contributed by atoms with E-state index in [9.17, 15) is 9.13 Å². The van der Waals surface area contributed by atoms with Gasteiger partial charge in [-0.25, -0.2) is 0 Å². The Labute approximate surface area is 91.0 Å². The molecule has 1 aromatic carbocycles. The molecule has 0 saturated heterocycles. The molecule has 0 aliphatic rings. The Hall–Kier alpha value is -0.680. The summed E-state index contributed by atoms with van der Waals surface area (Å²) in [5, 5.41) is 0. The molecule has 0 amide bonds. The molecule has 0 atom stereocenters. The highest BCUT2D eigenvalue weighted by molar-refractivity contribution is 7.70. The smallest absolute Gasteiger partial charge is 0.378 e. The van der Waals surface area contributed by atoms with Crippen LogP contribution in [-0.4, -0.2) is 25.2 Å². The number of para-hydroxylation sites is 1. The van der Waals surface area contributed by atoms with Crippen LogP contribution in [0.3, 0.4) is 0 Å². The molecule has 0 saturated carbocycles. The minimum atomic E-state index is -5.05. The molecule has 4 N–H and O–H groups in total. The van der Waals surface area contributed by atoms with Crippen molar-refractivity contribution in [2.75, 3.05) is 0 Å². The van der Waals surface area contributed by atoms with E-state index in [2.05, 4.69) is 4.74 Å². The van der Waals surface area contributed by atoms with Gasteiger partial charge in [0.15, 0.2) is 0 Å². The minimum Gasteiger partial charge on any atom is -0.465 e. The first-order valence-corrected chi connectivity index (χ1v) is 7.40. The fraction of sp³-hybridized carbons (Fsp3) is 0.143. The second kappa shape index (κ2) is 4.67. The quantitative estimate of drug-likeness (QED) is 0.592. The van der Waals surface area contributed by atoms with Crippen LogP contribution in [0.1, 0.15) is 0 Å². The number of rotatable bonds is 4. The van der Waals surface area contributed by atoms with Crippen LogP contribution in [0, 0.1) is 0 Å². The molecule has 0 unspecified atom stereocenters. The van der Waals surface area contributed by atoms with E-state index in [-0.39, 0.29) is 5.75 Å². The van der Waals surface area contributed by atoms with Gasteiger partial charge < -0.3 is 24.3 Å². The van der Waals surface area contributed by atoms with Crippen molar-refractivity contribution in [1.29, 1.82) is 0 Å². The first-order chi connectivity index (χ1) is 7.21. The molecule has 0 aliphatic carbocycles. The highest BCUT2D eigenvalue weighted by Crippen LogP contribution is 2.59. The molecule has 9 heteroatoms. The van der Waals surface area contributed by atoms with E-state index in [0.29, 0.717) is 0 Å². The monoisotopic (exact) mass is 268 g/mol. The lowest BCUT2D eigenvalue weighted by molar-refractivity contribution is 0.236. The summed E-state index contributed by atoms with van der Waals surface area (Å²) in [5.74, 6) is -0.0286. The van der Waals surface area contributed by atoms with Crippen molar-refractivity contribution in [2.45, 2.75) is 5.59 Å². The van der Waals surface area contributed by atoms with Gasteiger partial charge >= 0.3 is 15.2 Å². The average Bonchev–Trinajstić information content (AvgIpc) is 2.12. The third kappa shape index (κ3) is 3.72. The van der Waals surface area contributed by atoms with E-state index in [0.717, 1.165) is 0 Å². The molecule has 0 heterocycles. The molecule has 0 spiro atoms. The largest absolute Gasteiger partial charge is 0.465 e. The van der Waals surface area contributed by atoms with Gasteiger partial charge in [0.1, 0.15) is 5.75 Å². The zero-order chi connectivity index (χ0) is 12.4. The molecular formula is C7H10O7P2. The Morgan fingerprint density at radius 2 is 1.38 bits per heavy atom. The predicted octanol–water partition coefficient (Wildman–Crippen LogP) is 0.704. The lowest BCUT2D eigenvalue weighted by atomic mass is 10.3. The van der Waals surface area contributed by atoms with Gasteiger partial charge in [0.05, 0.1) is 0 Å². The van der Waals surface area contributed by atoms with E-state index in [4.69, 9.17) is 19.6 Å². The van der Waals surface area contributed by atoms with Gasteiger partial charge in [0.25, 0.3) is 5.59 Å². The highest BCUT2D eigenvalue weighted by atomic mass is 31.2. The maximum Gasteiger partial charge on any atom is 0.378 e. The van der Waals surface area contributed by atoms with Crippen LogP contribution < -0.4 is 4.74 Å². The Morgan fingerprint density at radius 3 is 1.75 bits per heavy atom. The van der Waals surface area contributed by atoms with Crippen LogP contribution >= 0.6 is 15.2 Å². The standard InChI is InChI=1S/C7H10O7P2/c8-15(9,10)7(16(11,12)13)14-6-4-2-1-3-5-6/h1-5,7H,(H2,8,9,10)(H2,11,12,13). The zero-order valence-corrected chi connectivity index (χ0v) is 9.66. The molecule has 7 nitrogen and oxygen atoms in total. The van der Waals surface area contributed by atoms with E-state index in [1.54, 1.807) is 6.07 Å². The molecule has 90 valence electrons. The van der Waals surface area contributed by atoms with Crippen molar-refractivity contribution in [3.8, 4) is 5.75 Å². The van der Waals surface area contributed by atoms with Gasteiger partial charge in [-0.2, -0.15) is 0 Å². The third-order valence-corrected chi connectivity index (χ3v) is 4.73. The van der Waals surface area contributed by atoms with Gasteiger partial charge in [-0.05, 0) is 12.1 Å². The normalized spacial score (nSPS) is 12.8. The Kier molecular flexibility index (Phi) is 3.91. The first-order valence-electron chi connectivity index (χ1n) is 4.03. The zero-order valence-electron chi connectivity index (χ0n) is 7.87. The van der Waals surface area contributed by atoms with Crippen molar-refractivity contribution < 1.29 is 33.4 Å². The van der Waals surface area contributed by atoms with Crippen LogP contribution in [-0.2, 0) is 9.13 Å². The summed E-state index contributed by atoms with van der Waals surface area (Å²) in [5.41, 5.74) is -2.47. The number of hydrogen-bond acceptors (Lipinski definition) is 3. The second-order valence-corrected chi connectivity index (χ2v) is 6.64. The van der Waals surface area contributed by atoms with E-state index >= 15 is 0 Å². The van der Waals surface area contributed by atoms with Crippen molar-refractivity contribution >= 4 is 15.2 Å². The van der Waals surface area contributed by atoms with Gasteiger partial charge in [-0.3, -0.25) is 9.13 Å². The Morgan fingerprint density at radius 1 is 0.938 bits per heavy atom. The van der Waals surface area contributed by atoms with Crippen molar-refractivity contribution in [3.63, 3.8) is 0 Å². The molecule has 0 bridgehead atoms. The number of benzene rings is 1. The predicted molar refractivity (Wildman–Crippen MR) is 54.9 cm³/mol. The van der Waals surface area contributed by atoms with Gasteiger partial charge in [-0.1, -0.05) is 18.2 Å². The second-order valence-electron chi connectivity index (χ2n) is 2.94. The molecule has 16 heavy (non-hydrogen) atoms. The molecular weight excluding hydrogens is 258 g/mol. The lowest BCUT2D eigenvalue weighted by Crippen LogP contribution is -2.17. The summed E-state index contributed by atoms with van der Waals surface area (Å²) < 4.78 is 26.3. The fourth-order valence-corrected chi connectivity index (χ4v) is 3.04. The lowest BCUT2D eigenvalue weighted by Gasteiger charge is -2.20. The first kappa shape index (κ1) is 13.4. The van der Waals surface area contributed by atoms with Crippen molar-refractivity contribution in [3.05, 3.63) is 30.3 Å². The molecule has 0 aromatic heterocycles. The van der Waals surface area contributed by atoms with Crippen molar-refractivity contribution in [2.24, 2.45) is 0 Å². The summed E-state index contributed by atoms with van der Waals surface area (Å²) >= 11 is 0. The number of hydrogen-bond donors (Lipinski definition) is 4. The summed E-state index contributed by atoms with van der Waals surface area (Å²) in [4.78, 5) is 35.1. The van der Waals surface area contributed by atoms with Crippen LogP contribution in [0.4, 0.5) is 0 Å². The summed E-state index contributed by atoms with van der Waals surface area (Å²) in [6.45, 7) is 0. The molecule has 1 aromatic rings. The average molecular weight is 268 g/mol. The molecule has 0 aliphatic heterocycles. The molecule has 1 rings (SSSR count). The SMILES string of the molecule is O=P(O)(O)C(Oc1ccccc1)P(=O)(O)O. The van der Waals surface area contributed by atoms with Crippen LogP contribution in [0.5, 0.6) is 5.75 Å². The fourth-order valence-electron chi connectivity index (χ4n) is 0.954. The summed E-state index contributed by atoms with van der Waals surface area (Å²) in [6, 6.07) is 7.30.